The molecule has 0 unspecified atom stereocenters. The molecule has 6 nitrogen and oxygen atoms in total. The molecule has 7 heteroatoms. The van der Waals surface area contributed by atoms with E-state index >= 15 is 0 Å². The molecule has 2 aliphatic heterocycles. The van der Waals surface area contributed by atoms with Gasteiger partial charge in [0.2, 0.25) is 0 Å². The zero-order chi connectivity index (χ0) is 38.4. The van der Waals surface area contributed by atoms with Crippen LogP contribution in [0, 0.1) is 0 Å². The van der Waals surface area contributed by atoms with E-state index in [1.165, 1.54) is 0 Å². The van der Waals surface area contributed by atoms with Crippen molar-refractivity contribution in [1.82, 2.24) is 19.9 Å². The molecule has 9 aromatic rings. The van der Waals surface area contributed by atoms with E-state index in [0.717, 1.165) is 66.2 Å². The molecular weight excluding hydrogens is 771 g/mol. The Morgan fingerprint density at radius 3 is 1.20 bits per heavy atom. The molecule has 3 aromatic heterocycles. The molecule has 0 amide bonds. The molecule has 0 atom stereocenters. The molecule has 59 heavy (non-hydrogen) atoms. The van der Waals surface area contributed by atoms with E-state index < -0.39 is 0 Å². The molecule has 2 aliphatic rings. The van der Waals surface area contributed by atoms with Crippen LogP contribution in [0.4, 0.5) is 0 Å². The Balaban J connectivity index is 0.00000420. The molecular formula is C52H32N4NiO2. The number of fused-ring (bicyclic) bond motifs is 10. The van der Waals surface area contributed by atoms with Gasteiger partial charge in [-0.25, -0.2) is 9.97 Å². The van der Waals surface area contributed by atoms with Crippen LogP contribution < -0.4 is 19.4 Å². The third-order valence-corrected chi connectivity index (χ3v) is 10.5. The fraction of sp³-hybridized carbons (Fsp3) is 0. The van der Waals surface area contributed by atoms with Crippen LogP contribution in [0.1, 0.15) is 22.8 Å². The van der Waals surface area contributed by atoms with Crippen LogP contribution in [0.5, 0.6) is 23.0 Å². The van der Waals surface area contributed by atoms with E-state index in [1.54, 1.807) is 0 Å². The summed E-state index contributed by atoms with van der Waals surface area (Å²) in [7, 11) is 0. The van der Waals surface area contributed by atoms with Gasteiger partial charge in [0, 0.05) is 0 Å². The number of ether oxygens (including phenoxy) is 2. The summed E-state index contributed by atoms with van der Waals surface area (Å²) in [5.74, 6) is 2.48. The van der Waals surface area contributed by atoms with Crippen molar-refractivity contribution in [3.63, 3.8) is 0 Å². The topological polar surface area (TPSA) is 72.4 Å². The van der Waals surface area contributed by atoms with Crippen LogP contribution in [0.3, 0.4) is 0 Å². The van der Waals surface area contributed by atoms with Gasteiger partial charge in [-0.1, -0.05) is 157 Å². The molecule has 0 fully saturated rings. The molecule has 0 saturated heterocycles. The minimum atomic E-state index is 0. The summed E-state index contributed by atoms with van der Waals surface area (Å²) in [5.41, 5.74) is 9.37. The summed E-state index contributed by atoms with van der Waals surface area (Å²) in [6, 6.07) is 57.3. The van der Waals surface area contributed by atoms with Crippen molar-refractivity contribution in [3.05, 3.63) is 193 Å². The minimum Gasteiger partial charge on any atom is -0.654 e. The maximum Gasteiger partial charge on any atom is 2.00 e. The van der Waals surface area contributed by atoms with Crippen molar-refractivity contribution in [2.75, 3.05) is 0 Å². The van der Waals surface area contributed by atoms with Crippen molar-refractivity contribution in [1.29, 1.82) is 0 Å². The molecule has 8 bridgehead atoms. The summed E-state index contributed by atoms with van der Waals surface area (Å²) in [4.78, 5) is 21.1. The van der Waals surface area contributed by atoms with Gasteiger partial charge < -0.3 is 19.4 Å². The van der Waals surface area contributed by atoms with E-state index in [2.05, 4.69) is 72.8 Å². The third kappa shape index (κ3) is 6.78. The second-order valence-corrected chi connectivity index (χ2v) is 14.2. The average molecular weight is 804 g/mol. The van der Waals surface area contributed by atoms with Crippen LogP contribution in [0.25, 0.3) is 90.2 Å². The first kappa shape index (κ1) is 35.9. The number of nitrogens with zero attached hydrogens (tertiary/aromatic N) is 4. The van der Waals surface area contributed by atoms with Crippen molar-refractivity contribution >= 4 is 67.9 Å². The first-order valence-corrected chi connectivity index (χ1v) is 19.2. The molecule has 0 N–H and O–H groups in total. The maximum atomic E-state index is 6.82. The predicted molar refractivity (Wildman–Crippen MR) is 236 cm³/mol. The first-order chi connectivity index (χ1) is 28.7. The summed E-state index contributed by atoms with van der Waals surface area (Å²) in [5, 5.41) is 4.43. The van der Waals surface area contributed by atoms with E-state index in [9.17, 15) is 0 Å². The molecule has 11 rings (SSSR count). The standard InChI is InChI=1S/C52H32N4O2.Ni/c1-3-13-35(14-4-1)49-41-23-27-45(53-41)51(57-39-21-19-33-11-7-9-17-37(33)31-39)47-29-25-43(55-47)50(36-15-5-2-6-16-36)44-26-30-48(56-44)52(46-28-24-42(49)54-46)58-40-22-20-34-12-8-10-18-38(34)32-40;/h1-32H;/q-2;+2. The van der Waals surface area contributed by atoms with Crippen LogP contribution >= 0.6 is 0 Å². The van der Waals surface area contributed by atoms with Gasteiger partial charge in [-0.2, -0.15) is 0 Å². The fourth-order valence-corrected chi connectivity index (χ4v) is 7.74. The van der Waals surface area contributed by atoms with Gasteiger partial charge in [0.05, 0.1) is 17.1 Å². The summed E-state index contributed by atoms with van der Waals surface area (Å²) >= 11 is 0. The van der Waals surface area contributed by atoms with E-state index in [-0.39, 0.29) is 16.5 Å². The Kier molecular flexibility index (Phi) is 9.21. The van der Waals surface area contributed by atoms with Crippen molar-refractivity contribution in [3.8, 4) is 45.3 Å². The van der Waals surface area contributed by atoms with Crippen molar-refractivity contribution in [2.45, 2.75) is 0 Å². The number of rotatable bonds is 6. The average Bonchev–Trinajstić information content (AvgIpc) is 4.12. The largest absolute Gasteiger partial charge is 2.00 e. The van der Waals surface area contributed by atoms with Gasteiger partial charge >= 0.3 is 16.5 Å². The van der Waals surface area contributed by atoms with Crippen LogP contribution in [0.15, 0.2) is 170 Å². The molecule has 5 heterocycles. The van der Waals surface area contributed by atoms with Crippen molar-refractivity contribution < 1.29 is 26.0 Å². The van der Waals surface area contributed by atoms with E-state index in [4.69, 9.17) is 29.4 Å². The minimum absolute atomic E-state index is 0. The first-order valence-electron chi connectivity index (χ1n) is 19.2. The summed E-state index contributed by atoms with van der Waals surface area (Å²) in [6.45, 7) is 0. The maximum absolute atomic E-state index is 6.82. The Labute approximate surface area is 350 Å². The van der Waals surface area contributed by atoms with Crippen molar-refractivity contribution in [2.24, 2.45) is 0 Å². The van der Waals surface area contributed by atoms with Gasteiger partial charge in [-0.15, -0.1) is 11.0 Å². The second kappa shape index (κ2) is 15.1. The monoisotopic (exact) mass is 802 g/mol. The van der Waals surface area contributed by atoms with Gasteiger partial charge in [0.1, 0.15) is 22.9 Å². The number of hydrogen-bond donors (Lipinski definition) is 0. The smallest absolute Gasteiger partial charge is 0.654 e. The molecule has 0 radical (unpaired) electrons. The Hall–Kier alpha value is -7.47. The second-order valence-electron chi connectivity index (χ2n) is 14.2. The van der Waals surface area contributed by atoms with Gasteiger partial charge in [-0.05, 0) is 92.4 Å². The third-order valence-electron chi connectivity index (χ3n) is 10.5. The Morgan fingerprint density at radius 1 is 0.339 bits per heavy atom. The molecule has 0 aliphatic carbocycles. The molecule has 282 valence electrons. The van der Waals surface area contributed by atoms with Crippen LogP contribution in [-0.2, 0) is 16.5 Å². The quantitative estimate of drug-likeness (QED) is 0.156. The normalized spacial score (nSPS) is 11.8. The molecule has 0 saturated carbocycles. The predicted octanol–water partition coefficient (Wildman–Crippen LogP) is 13.1. The Bertz CT molecular complexity index is 3160. The van der Waals surface area contributed by atoms with Crippen LogP contribution in [-0.4, -0.2) is 9.97 Å². The fourth-order valence-electron chi connectivity index (χ4n) is 7.74. The van der Waals surface area contributed by atoms with Gasteiger partial charge in [0.15, 0.2) is 5.75 Å². The zero-order valence-electron chi connectivity index (χ0n) is 31.4. The number of aromatic nitrogens is 4. The van der Waals surface area contributed by atoms with Crippen LogP contribution in [0.2, 0.25) is 0 Å². The molecule has 6 aromatic carbocycles. The van der Waals surface area contributed by atoms with Gasteiger partial charge in [-0.3, -0.25) is 0 Å². The SMILES string of the molecule is C1=Cc2nc1c(Oc1ccc3ccccc3c1)c1nc(c(-c3ccccc3)c3ccc([n-]3)c(Oc3ccc4ccccc4c3)c3ccc([n-]3)c2-c2ccccc2)C=C1.[Ni+2]. The number of hydrogen-bond acceptors (Lipinski definition) is 4. The summed E-state index contributed by atoms with van der Waals surface area (Å²) < 4.78 is 13.6. The molecule has 0 spiro atoms. The zero-order valence-corrected chi connectivity index (χ0v) is 32.4. The summed E-state index contributed by atoms with van der Waals surface area (Å²) in [6.07, 6.45) is 8.05. The van der Waals surface area contributed by atoms with Gasteiger partial charge in [0.25, 0.3) is 0 Å². The number of benzene rings is 6. The van der Waals surface area contributed by atoms with E-state index in [0.29, 0.717) is 45.4 Å². The Morgan fingerprint density at radius 2 is 0.729 bits per heavy atom. The van der Waals surface area contributed by atoms with E-state index in [1.807, 2.05) is 121 Å².